The van der Waals surface area contributed by atoms with Crippen LogP contribution in [0.25, 0.3) is 0 Å². The van der Waals surface area contributed by atoms with Gasteiger partial charge in [-0.25, -0.2) is 0 Å². The van der Waals surface area contributed by atoms with E-state index < -0.39 is 6.10 Å². The third kappa shape index (κ3) is 4.45. The SMILES string of the molecule is CC(C)CSCC(O)c1ccccc1Cl. The molecule has 0 amide bonds. The lowest BCUT2D eigenvalue weighted by Crippen LogP contribution is -2.03. The zero-order valence-electron chi connectivity index (χ0n) is 9.11. The van der Waals surface area contributed by atoms with Crippen molar-refractivity contribution in [2.45, 2.75) is 20.0 Å². The molecule has 1 N–H and O–H groups in total. The molecule has 0 radical (unpaired) electrons. The predicted molar refractivity (Wildman–Crippen MR) is 68.6 cm³/mol. The van der Waals surface area contributed by atoms with Crippen molar-refractivity contribution in [3.8, 4) is 0 Å². The number of aliphatic hydroxyl groups is 1. The summed E-state index contributed by atoms with van der Waals surface area (Å²) >= 11 is 7.76. The van der Waals surface area contributed by atoms with Crippen LogP contribution in [0.4, 0.5) is 0 Å². The minimum absolute atomic E-state index is 0.456. The van der Waals surface area contributed by atoms with Crippen LogP contribution in [0.2, 0.25) is 5.02 Å². The van der Waals surface area contributed by atoms with E-state index in [2.05, 4.69) is 13.8 Å². The second-order valence-corrected chi connectivity index (χ2v) is 5.45. The molecule has 84 valence electrons. The zero-order chi connectivity index (χ0) is 11.3. The fourth-order valence-electron chi connectivity index (χ4n) is 1.25. The first-order valence-electron chi connectivity index (χ1n) is 5.11. The van der Waals surface area contributed by atoms with Crippen LogP contribution in [0.15, 0.2) is 24.3 Å². The minimum Gasteiger partial charge on any atom is -0.387 e. The molecule has 3 heteroatoms. The molecular weight excluding hydrogens is 228 g/mol. The highest BCUT2D eigenvalue weighted by molar-refractivity contribution is 7.99. The van der Waals surface area contributed by atoms with Gasteiger partial charge in [0, 0.05) is 10.8 Å². The largest absolute Gasteiger partial charge is 0.387 e. The van der Waals surface area contributed by atoms with Crippen molar-refractivity contribution in [2.24, 2.45) is 5.92 Å². The second kappa shape index (κ2) is 6.41. The summed E-state index contributed by atoms with van der Waals surface area (Å²) < 4.78 is 0. The first kappa shape index (κ1) is 12.9. The standard InChI is InChI=1S/C12H17ClOS/c1-9(2)7-15-8-12(14)10-5-3-4-6-11(10)13/h3-6,9,12,14H,7-8H2,1-2H3. The summed E-state index contributed by atoms with van der Waals surface area (Å²) in [5.74, 6) is 2.44. The number of benzene rings is 1. The van der Waals surface area contributed by atoms with Gasteiger partial charge in [0.1, 0.15) is 0 Å². The highest BCUT2D eigenvalue weighted by Crippen LogP contribution is 2.25. The molecule has 0 saturated carbocycles. The van der Waals surface area contributed by atoms with Gasteiger partial charge in [0.05, 0.1) is 6.10 Å². The summed E-state index contributed by atoms with van der Waals surface area (Å²) in [5.41, 5.74) is 0.829. The van der Waals surface area contributed by atoms with Gasteiger partial charge in [-0.2, -0.15) is 11.8 Å². The van der Waals surface area contributed by atoms with E-state index in [0.29, 0.717) is 16.7 Å². The number of hydrogen-bond acceptors (Lipinski definition) is 2. The Bertz CT molecular complexity index is 301. The lowest BCUT2D eigenvalue weighted by molar-refractivity contribution is 0.204. The smallest absolute Gasteiger partial charge is 0.0894 e. The van der Waals surface area contributed by atoms with Crippen molar-refractivity contribution < 1.29 is 5.11 Å². The number of rotatable bonds is 5. The van der Waals surface area contributed by atoms with E-state index in [9.17, 15) is 5.11 Å². The van der Waals surface area contributed by atoms with Crippen LogP contribution in [0, 0.1) is 5.92 Å². The third-order valence-electron chi connectivity index (χ3n) is 1.99. The summed E-state index contributed by atoms with van der Waals surface area (Å²) in [7, 11) is 0. The van der Waals surface area contributed by atoms with Crippen molar-refractivity contribution in [2.75, 3.05) is 11.5 Å². The van der Waals surface area contributed by atoms with E-state index in [-0.39, 0.29) is 0 Å². The topological polar surface area (TPSA) is 20.2 Å². The second-order valence-electron chi connectivity index (χ2n) is 3.97. The van der Waals surface area contributed by atoms with Gasteiger partial charge in [-0.3, -0.25) is 0 Å². The van der Waals surface area contributed by atoms with Gasteiger partial charge in [-0.05, 0) is 23.3 Å². The van der Waals surface area contributed by atoms with Crippen molar-refractivity contribution in [3.05, 3.63) is 34.9 Å². The molecule has 0 saturated heterocycles. The molecule has 0 bridgehead atoms. The molecule has 1 aromatic rings. The van der Waals surface area contributed by atoms with Gasteiger partial charge >= 0.3 is 0 Å². The summed E-state index contributed by atoms with van der Waals surface area (Å²) in [4.78, 5) is 0. The number of hydrogen-bond donors (Lipinski definition) is 1. The molecule has 1 aromatic carbocycles. The number of thioether (sulfide) groups is 1. The molecule has 0 aliphatic heterocycles. The van der Waals surface area contributed by atoms with Crippen molar-refractivity contribution in [1.29, 1.82) is 0 Å². The van der Waals surface area contributed by atoms with Gasteiger partial charge in [0.25, 0.3) is 0 Å². The molecule has 15 heavy (non-hydrogen) atoms. The maximum Gasteiger partial charge on any atom is 0.0894 e. The van der Waals surface area contributed by atoms with E-state index in [1.165, 1.54) is 0 Å². The monoisotopic (exact) mass is 244 g/mol. The van der Waals surface area contributed by atoms with Crippen LogP contribution in [-0.4, -0.2) is 16.6 Å². The lowest BCUT2D eigenvalue weighted by Gasteiger charge is -2.12. The molecule has 1 rings (SSSR count). The van der Waals surface area contributed by atoms with Gasteiger partial charge in [0.15, 0.2) is 0 Å². The Morgan fingerprint density at radius 2 is 1.93 bits per heavy atom. The zero-order valence-corrected chi connectivity index (χ0v) is 10.7. The average Bonchev–Trinajstić information content (AvgIpc) is 2.17. The minimum atomic E-state index is -0.456. The highest BCUT2D eigenvalue weighted by atomic mass is 35.5. The van der Waals surface area contributed by atoms with E-state index in [4.69, 9.17) is 11.6 Å². The summed E-state index contributed by atoms with van der Waals surface area (Å²) in [6.45, 7) is 4.35. The van der Waals surface area contributed by atoms with Crippen LogP contribution >= 0.6 is 23.4 Å². The fraction of sp³-hybridized carbons (Fsp3) is 0.500. The molecule has 0 spiro atoms. The molecule has 0 heterocycles. The van der Waals surface area contributed by atoms with Crippen molar-refractivity contribution in [1.82, 2.24) is 0 Å². The highest BCUT2D eigenvalue weighted by Gasteiger charge is 2.10. The summed E-state index contributed by atoms with van der Waals surface area (Å²) in [6.07, 6.45) is -0.456. The normalized spacial score (nSPS) is 13.1. The van der Waals surface area contributed by atoms with Crippen molar-refractivity contribution >= 4 is 23.4 Å². The lowest BCUT2D eigenvalue weighted by atomic mass is 10.1. The molecule has 0 aliphatic carbocycles. The van der Waals surface area contributed by atoms with E-state index in [1.807, 2.05) is 24.3 Å². The summed E-state index contributed by atoms with van der Waals surface area (Å²) in [6, 6.07) is 7.47. The Kier molecular flexibility index (Phi) is 5.51. The molecule has 0 aliphatic rings. The molecular formula is C12H17ClOS. The van der Waals surface area contributed by atoms with Gasteiger partial charge in [-0.1, -0.05) is 43.6 Å². The van der Waals surface area contributed by atoms with E-state index >= 15 is 0 Å². The Morgan fingerprint density at radius 1 is 1.27 bits per heavy atom. The Morgan fingerprint density at radius 3 is 2.53 bits per heavy atom. The molecule has 1 atom stereocenters. The van der Waals surface area contributed by atoms with Crippen LogP contribution in [0.1, 0.15) is 25.5 Å². The molecule has 0 aromatic heterocycles. The Labute approximate surface area is 101 Å². The van der Waals surface area contributed by atoms with Crippen LogP contribution in [0.5, 0.6) is 0 Å². The maximum atomic E-state index is 9.91. The quantitative estimate of drug-likeness (QED) is 0.851. The van der Waals surface area contributed by atoms with E-state index in [1.54, 1.807) is 11.8 Å². The van der Waals surface area contributed by atoms with Crippen molar-refractivity contribution in [3.63, 3.8) is 0 Å². The fourth-order valence-corrected chi connectivity index (χ4v) is 2.52. The number of aliphatic hydroxyl groups excluding tert-OH is 1. The Hall–Kier alpha value is -0.180. The van der Waals surface area contributed by atoms with Crippen LogP contribution in [-0.2, 0) is 0 Å². The Balaban J connectivity index is 2.47. The van der Waals surface area contributed by atoms with Gasteiger partial charge in [-0.15, -0.1) is 0 Å². The van der Waals surface area contributed by atoms with Gasteiger partial charge in [0.2, 0.25) is 0 Å². The third-order valence-corrected chi connectivity index (χ3v) is 3.79. The number of halogens is 1. The summed E-state index contributed by atoms with van der Waals surface area (Å²) in [5, 5.41) is 10.6. The first-order chi connectivity index (χ1) is 7.11. The molecule has 1 unspecified atom stereocenters. The van der Waals surface area contributed by atoms with Crippen LogP contribution in [0.3, 0.4) is 0 Å². The average molecular weight is 245 g/mol. The predicted octanol–water partition coefficient (Wildman–Crippen LogP) is 3.76. The molecule has 1 nitrogen and oxygen atoms in total. The maximum absolute atomic E-state index is 9.91. The van der Waals surface area contributed by atoms with Crippen LogP contribution < -0.4 is 0 Å². The van der Waals surface area contributed by atoms with E-state index in [0.717, 1.165) is 11.3 Å². The first-order valence-corrected chi connectivity index (χ1v) is 6.64. The molecule has 0 fully saturated rings. The van der Waals surface area contributed by atoms with Gasteiger partial charge < -0.3 is 5.11 Å².